The maximum absolute atomic E-state index is 12.8. The zero-order valence-electron chi connectivity index (χ0n) is 8.93. The van der Waals surface area contributed by atoms with Crippen LogP contribution in [0.25, 0.3) is 0 Å². The average molecular weight is 187 g/mol. The summed E-state index contributed by atoms with van der Waals surface area (Å²) in [6.45, 7) is 7.63. The van der Waals surface area contributed by atoms with E-state index in [0.29, 0.717) is 0 Å². The molecule has 13 heavy (non-hydrogen) atoms. The van der Waals surface area contributed by atoms with Gasteiger partial charge in [-0.25, -0.2) is 4.39 Å². The van der Waals surface area contributed by atoms with Crippen molar-refractivity contribution < 1.29 is 4.39 Å². The summed E-state index contributed by atoms with van der Waals surface area (Å²) >= 11 is 0. The van der Waals surface area contributed by atoms with E-state index in [1.165, 1.54) is 19.4 Å². The van der Waals surface area contributed by atoms with Gasteiger partial charge in [0.1, 0.15) is 6.17 Å². The Hall–Kier alpha value is -0.110. The fourth-order valence-electron chi connectivity index (χ4n) is 1.85. The van der Waals surface area contributed by atoms with E-state index in [9.17, 15) is 4.39 Å². The molecule has 0 aromatic carbocycles. The summed E-state index contributed by atoms with van der Waals surface area (Å²) in [6, 6.07) is 0. The van der Waals surface area contributed by atoms with E-state index in [1.807, 2.05) is 0 Å². The summed E-state index contributed by atoms with van der Waals surface area (Å²) < 4.78 is 12.8. The summed E-state index contributed by atoms with van der Waals surface area (Å²) in [5, 5.41) is 0. The van der Waals surface area contributed by atoms with Gasteiger partial charge in [-0.1, -0.05) is 13.8 Å². The van der Waals surface area contributed by atoms with Crippen molar-refractivity contribution in [3.8, 4) is 0 Å². The number of nitrogens with zero attached hydrogens (tertiary/aromatic N) is 1. The molecule has 0 amide bonds. The first-order chi connectivity index (χ1) is 6.18. The van der Waals surface area contributed by atoms with Gasteiger partial charge in [0.15, 0.2) is 0 Å². The van der Waals surface area contributed by atoms with Crippen molar-refractivity contribution in [1.29, 1.82) is 0 Å². The molecule has 1 nitrogen and oxygen atoms in total. The largest absolute Gasteiger partial charge is 0.303 e. The van der Waals surface area contributed by atoms with Gasteiger partial charge in [0.25, 0.3) is 0 Å². The van der Waals surface area contributed by atoms with Gasteiger partial charge in [-0.2, -0.15) is 0 Å². The standard InChI is InChI=1S/C11H22FN/c1-10(2)4-3-7-13-8-5-11(12)6-9-13/h10-11H,3-9H2,1-2H3. The van der Waals surface area contributed by atoms with Crippen molar-refractivity contribution in [2.24, 2.45) is 5.92 Å². The van der Waals surface area contributed by atoms with Crippen LogP contribution in [0.1, 0.15) is 39.5 Å². The number of piperidine rings is 1. The number of hydrogen-bond donors (Lipinski definition) is 0. The first kappa shape index (κ1) is 11.0. The van der Waals surface area contributed by atoms with E-state index in [1.54, 1.807) is 0 Å². The number of hydrogen-bond acceptors (Lipinski definition) is 1. The maximum atomic E-state index is 12.8. The number of alkyl halides is 1. The highest BCUT2D eigenvalue weighted by atomic mass is 19.1. The van der Waals surface area contributed by atoms with Crippen LogP contribution in [0.4, 0.5) is 4.39 Å². The molecule has 0 saturated carbocycles. The van der Waals surface area contributed by atoms with Crippen LogP contribution in [0.2, 0.25) is 0 Å². The smallest absolute Gasteiger partial charge is 0.103 e. The van der Waals surface area contributed by atoms with E-state index < -0.39 is 6.17 Å². The first-order valence-electron chi connectivity index (χ1n) is 5.55. The predicted octanol–water partition coefficient (Wildman–Crippen LogP) is 2.86. The van der Waals surface area contributed by atoms with E-state index >= 15 is 0 Å². The topological polar surface area (TPSA) is 3.24 Å². The van der Waals surface area contributed by atoms with Crippen molar-refractivity contribution in [2.45, 2.75) is 45.7 Å². The lowest BCUT2D eigenvalue weighted by atomic mass is 10.1. The van der Waals surface area contributed by atoms with Crippen LogP contribution in [0.15, 0.2) is 0 Å². The van der Waals surface area contributed by atoms with Crippen LogP contribution in [-0.4, -0.2) is 30.7 Å². The zero-order valence-corrected chi connectivity index (χ0v) is 8.93. The van der Waals surface area contributed by atoms with E-state index in [2.05, 4.69) is 18.7 Å². The molecular formula is C11H22FN. The molecule has 0 aromatic heterocycles. The van der Waals surface area contributed by atoms with Crippen LogP contribution >= 0.6 is 0 Å². The van der Waals surface area contributed by atoms with Gasteiger partial charge in [-0.05, 0) is 38.1 Å². The molecular weight excluding hydrogens is 165 g/mol. The summed E-state index contributed by atoms with van der Waals surface area (Å²) in [5.41, 5.74) is 0. The third kappa shape index (κ3) is 4.61. The molecule has 78 valence electrons. The van der Waals surface area contributed by atoms with Crippen molar-refractivity contribution in [2.75, 3.05) is 19.6 Å². The number of likely N-dealkylation sites (tertiary alicyclic amines) is 1. The summed E-state index contributed by atoms with van der Waals surface area (Å²) in [4.78, 5) is 2.40. The first-order valence-corrected chi connectivity index (χ1v) is 5.55. The molecule has 0 N–H and O–H groups in total. The molecule has 0 radical (unpaired) electrons. The highest BCUT2D eigenvalue weighted by molar-refractivity contribution is 4.71. The Morgan fingerprint density at radius 2 is 1.92 bits per heavy atom. The molecule has 0 unspecified atom stereocenters. The summed E-state index contributed by atoms with van der Waals surface area (Å²) in [7, 11) is 0. The van der Waals surface area contributed by atoms with Crippen molar-refractivity contribution in [3.05, 3.63) is 0 Å². The van der Waals surface area contributed by atoms with Crippen LogP contribution in [0, 0.1) is 5.92 Å². The Bertz CT molecular complexity index is 128. The normalized spacial score (nSPS) is 21.2. The molecule has 0 bridgehead atoms. The Morgan fingerprint density at radius 3 is 2.46 bits per heavy atom. The third-order valence-corrected chi connectivity index (χ3v) is 2.77. The van der Waals surface area contributed by atoms with Gasteiger partial charge >= 0.3 is 0 Å². The van der Waals surface area contributed by atoms with Gasteiger partial charge in [0, 0.05) is 13.1 Å². The molecule has 0 aliphatic carbocycles. The Kier molecular flexibility index (Phi) is 4.71. The number of halogens is 1. The molecule has 1 rings (SSSR count). The second kappa shape index (κ2) is 5.58. The second-order valence-corrected chi connectivity index (χ2v) is 4.55. The molecule has 1 aliphatic heterocycles. The fourth-order valence-corrected chi connectivity index (χ4v) is 1.85. The number of rotatable bonds is 4. The minimum atomic E-state index is -0.527. The lowest BCUT2D eigenvalue weighted by Crippen LogP contribution is -2.35. The molecule has 0 aromatic rings. The van der Waals surface area contributed by atoms with Crippen LogP contribution < -0.4 is 0 Å². The highest BCUT2D eigenvalue weighted by Crippen LogP contribution is 2.14. The van der Waals surface area contributed by atoms with Crippen LogP contribution in [0.5, 0.6) is 0 Å². The monoisotopic (exact) mass is 187 g/mol. The highest BCUT2D eigenvalue weighted by Gasteiger charge is 2.17. The van der Waals surface area contributed by atoms with Crippen molar-refractivity contribution >= 4 is 0 Å². The molecule has 1 fully saturated rings. The Morgan fingerprint density at radius 1 is 1.31 bits per heavy atom. The zero-order chi connectivity index (χ0) is 9.68. The summed E-state index contributed by atoms with van der Waals surface area (Å²) in [6.07, 6.45) is 3.55. The molecule has 1 heterocycles. The Labute approximate surface area is 81.3 Å². The van der Waals surface area contributed by atoms with Gasteiger partial charge in [0.05, 0.1) is 0 Å². The van der Waals surface area contributed by atoms with E-state index in [-0.39, 0.29) is 0 Å². The maximum Gasteiger partial charge on any atom is 0.103 e. The quantitative estimate of drug-likeness (QED) is 0.654. The molecule has 0 atom stereocenters. The van der Waals surface area contributed by atoms with E-state index in [0.717, 1.165) is 31.8 Å². The molecule has 0 spiro atoms. The van der Waals surface area contributed by atoms with Crippen LogP contribution in [0.3, 0.4) is 0 Å². The fraction of sp³-hybridized carbons (Fsp3) is 1.00. The lowest BCUT2D eigenvalue weighted by molar-refractivity contribution is 0.148. The van der Waals surface area contributed by atoms with Crippen LogP contribution in [-0.2, 0) is 0 Å². The average Bonchev–Trinajstić information content (AvgIpc) is 2.08. The van der Waals surface area contributed by atoms with Gasteiger partial charge in [-0.15, -0.1) is 0 Å². The van der Waals surface area contributed by atoms with E-state index in [4.69, 9.17) is 0 Å². The SMILES string of the molecule is CC(C)CCCN1CCC(F)CC1. The van der Waals surface area contributed by atoms with Crippen molar-refractivity contribution in [1.82, 2.24) is 4.90 Å². The molecule has 2 heteroatoms. The Balaban J connectivity index is 2.02. The van der Waals surface area contributed by atoms with Gasteiger partial charge in [-0.3, -0.25) is 0 Å². The third-order valence-electron chi connectivity index (χ3n) is 2.77. The minimum Gasteiger partial charge on any atom is -0.303 e. The molecule has 1 aliphatic rings. The minimum absolute atomic E-state index is 0.527. The predicted molar refractivity (Wildman–Crippen MR) is 54.6 cm³/mol. The van der Waals surface area contributed by atoms with Gasteiger partial charge in [0.2, 0.25) is 0 Å². The lowest BCUT2D eigenvalue weighted by Gasteiger charge is -2.28. The second-order valence-electron chi connectivity index (χ2n) is 4.55. The van der Waals surface area contributed by atoms with Gasteiger partial charge < -0.3 is 4.90 Å². The van der Waals surface area contributed by atoms with Crippen molar-refractivity contribution in [3.63, 3.8) is 0 Å². The molecule has 1 saturated heterocycles. The summed E-state index contributed by atoms with van der Waals surface area (Å²) in [5.74, 6) is 0.804.